The average molecular weight is 297 g/mol. The molecule has 0 aliphatic heterocycles. The zero-order chi connectivity index (χ0) is 15.7. The molecule has 0 unspecified atom stereocenters. The van der Waals surface area contributed by atoms with Gasteiger partial charge >= 0.3 is 0 Å². The summed E-state index contributed by atoms with van der Waals surface area (Å²) in [4.78, 5) is 34.8. The summed E-state index contributed by atoms with van der Waals surface area (Å²) in [5.74, 6) is -0.710. The monoisotopic (exact) mass is 297 g/mol. The van der Waals surface area contributed by atoms with E-state index in [0.29, 0.717) is 11.1 Å². The highest BCUT2D eigenvalue weighted by Gasteiger charge is 2.38. The maximum Gasteiger partial charge on any atom is 0.293 e. The predicted molar refractivity (Wildman–Crippen MR) is 78.7 cm³/mol. The Kier molecular flexibility index (Phi) is 3.40. The summed E-state index contributed by atoms with van der Waals surface area (Å²) < 4.78 is 0. The molecule has 0 atom stereocenters. The third-order valence-electron chi connectivity index (χ3n) is 3.43. The lowest BCUT2D eigenvalue weighted by Crippen LogP contribution is -2.42. The van der Waals surface area contributed by atoms with Gasteiger partial charge in [0.1, 0.15) is 5.69 Å². The van der Waals surface area contributed by atoms with E-state index in [1.807, 2.05) is 0 Å². The molecule has 1 aliphatic rings. The molecule has 2 N–H and O–H groups in total. The third-order valence-corrected chi connectivity index (χ3v) is 3.43. The molecule has 0 bridgehead atoms. The van der Waals surface area contributed by atoms with Crippen molar-refractivity contribution >= 4 is 22.9 Å². The number of para-hydroxylation sites is 2. The second-order valence-electron chi connectivity index (χ2n) is 4.75. The molecule has 0 spiro atoms. The molecule has 7 nitrogen and oxygen atoms in total. The van der Waals surface area contributed by atoms with E-state index >= 15 is 0 Å². The Morgan fingerprint density at radius 2 is 1.45 bits per heavy atom. The first-order valence-corrected chi connectivity index (χ1v) is 6.52. The van der Waals surface area contributed by atoms with Crippen LogP contribution in [0.25, 0.3) is 0 Å². The third kappa shape index (κ3) is 2.23. The fourth-order valence-electron chi connectivity index (χ4n) is 2.36. The lowest BCUT2D eigenvalue weighted by Gasteiger charge is -2.12. The first-order chi connectivity index (χ1) is 10.6. The van der Waals surface area contributed by atoms with Crippen LogP contribution in [0.1, 0.15) is 20.7 Å². The molecular weight excluding hydrogens is 286 g/mol. The summed E-state index contributed by atoms with van der Waals surface area (Å²) in [6, 6.07) is 11.4. The lowest BCUT2D eigenvalue weighted by molar-refractivity contribution is -0.384. The van der Waals surface area contributed by atoms with Gasteiger partial charge in [-0.25, -0.2) is 5.43 Å². The van der Waals surface area contributed by atoms with Gasteiger partial charge in [-0.3, -0.25) is 19.7 Å². The van der Waals surface area contributed by atoms with Crippen LogP contribution in [0.5, 0.6) is 0 Å². The zero-order valence-corrected chi connectivity index (χ0v) is 11.3. The Hall–Kier alpha value is -3.06. The van der Waals surface area contributed by atoms with E-state index < -0.39 is 11.0 Å². The Labute approximate surface area is 125 Å². The number of nitro groups is 1. The van der Waals surface area contributed by atoms with Crippen molar-refractivity contribution in [2.45, 2.75) is 6.04 Å². The van der Waals surface area contributed by atoms with E-state index in [0.717, 1.165) is 0 Å². The van der Waals surface area contributed by atoms with Crippen molar-refractivity contribution in [2.75, 3.05) is 5.43 Å². The Bertz CT molecular complexity index is 753. The zero-order valence-electron chi connectivity index (χ0n) is 11.3. The minimum atomic E-state index is -1.09. The van der Waals surface area contributed by atoms with Crippen molar-refractivity contribution in [3.05, 3.63) is 69.8 Å². The van der Waals surface area contributed by atoms with E-state index in [9.17, 15) is 19.7 Å². The first kappa shape index (κ1) is 13.9. The fourth-order valence-corrected chi connectivity index (χ4v) is 2.36. The average Bonchev–Trinajstić information content (AvgIpc) is 2.77. The fraction of sp³-hybridized carbons (Fsp3) is 0.0667. The molecule has 1 aliphatic carbocycles. The van der Waals surface area contributed by atoms with Crippen molar-refractivity contribution in [3.8, 4) is 0 Å². The van der Waals surface area contributed by atoms with Gasteiger partial charge in [0.15, 0.2) is 17.6 Å². The van der Waals surface area contributed by atoms with Gasteiger partial charge in [0.25, 0.3) is 5.69 Å². The van der Waals surface area contributed by atoms with Crippen molar-refractivity contribution in [1.82, 2.24) is 5.43 Å². The molecule has 0 fully saturated rings. The van der Waals surface area contributed by atoms with Crippen LogP contribution >= 0.6 is 0 Å². The minimum Gasteiger partial charge on any atom is -0.314 e. The van der Waals surface area contributed by atoms with E-state index in [1.54, 1.807) is 30.3 Å². The van der Waals surface area contributed by atoms with E-state index in [1.165, 1.54) is 18.2 Å². The van der Waals surface area contributed by atoms with E-state index in [4.69, 9.17) is 0 Å². The van der Waals surface area contributed by atoms with Crippen LogP contribution in [0.4, 0.5) is 11.4 Å². The quantitative estimate of drug-likeness (QED) is 0.508. The molecule has 7 heteroatoms. The second-order valence-corrected chi connectivity index (χ2v) is 4.75. The number of ketones is 2. The normalized spacial score (nSPS) is 14.0. The van der Waals surface area contributed by atoms with Gasteiger partial charge in [-0.05, 0) is 6.07 Å². The molecule has 0 radical (unpaired) electrons. The van der Waals surface area contributed by atoms with Gasteiger partial charge in [0.2, 0.25) is 0 Å². The number of hydrogen-bond acceptors (Lipinski definition) is 6. The number of carbonyl (C=O) groups excluding carboxylic acids is 2. The van der Waals surface area contributed by atoms with Crippen LogP contribution in [-0.2, 0) is 0 Å². The topological polar surface area (TPSA) is 101 Å². The van der Waals surface area contributed by atoms with Crippen molar-refractivity contribution in [1.29, 1.82) is 0 Å². The first-order valence-electron chi connectivity index (χ1n) is 6.52. The maximum atomic E-state index is 12.2. The van der Waals surface area contributed by atoms with Crippen molar-refractivity contribution < 1.29 is 14.5 Å². The molecule has 0 heterocycles. The number of benzene rings is 2. The van der Waals surface area contributed by atoms with Crippen LogP contribution in [-0.4, -0.2) is 22.5 Å². The number of nitro benzene ring substituents is 1. The van der Waals surface area contributed by atoms with E-state index in [2.05, 4.69) is 10.9 Å². The lowest BCUT2D eigenvalue weighted by atomic mass is 10.1. The van der Waals surface area contributed by atoms with E-state index in [-0.39, 0.29) is 22.9 Å². The molecule has 3 rings (SSSR count). The Morgan fingerprint density at radius 3 is 2.05 bits per heavy atom. The molecule has 0 aromatic heterocycles. The Morgan fingerprint density at radius 1 is 0.909 bits per heavy atom. The van der Waals surface area contributed by atoms with Crippen molar-refractivity contribution in [3.63, 3.8) is 0 Å². The highest BCUT2D eigenvalue weighted by atomic mass is 16.6. The molecule has 2 aromatic rings. The van der Waals surface area contributed by atoms with Crippen LogP contribution < -0.4 is 10.9 Å². The number of hydrazine groups is 1. The summed E-state index contributed by atoms with van der Waals surface area (Å²) in [5, 5.41) is 10.9. The smallest absolute Gasteiger partial charge is 0.293 e. The largest absolute Gasteiger partial charge is 0.314 e. The van der Waals surface area contributed by atoms with Gasteiger partial charge in [0, 0.05) is 17.2 Å². The number of carbonyl (C=O) groups is 2. The number of rotatable bonds is 4. The van der Waals surface area contributed by atoms with Crippen LogP contribution in [0, 0.1) is 10.1 Å². The summed E-state index contributed by atoms with van der Waals surface area (Å²) >= 11 is 0. The molecule has 110 valence electrons. The molecule has 2 aromatic carbocycles. The summed E-state index contributed by atoms with van der Waals surface area (Å²) in [6.07, 6.45) is 0. The van der Waals surface area contributed by atoms with Crippen LogP contribution in [0.2, 0.25) is 0 Å². The van der Waals surface area contributed by atoms with Gasteiger partial charge in [-0.1, -0.05) is 36.4 Å². The summed E-state index contributed by atoms with van der Waals surface area (Å²) in [5.41, 5.74) is 5.93. The van der Waals surface area contributed by atoms with Gasteiger partial charge in [0.05, 0.1) is 4.92 Å². The predicted octanol–water partition coefficient (Wildman–Crippen LogP) is 1.96. The molecule has 0 saturated carbocycles. The van der Waals surface area contributed by atoms with Gasteiger partial charge in [-0.2, -0.15) is 0 Å². The summed E-state index contributed by atoms with van der Waals surface area (Å²) in [6.45, 7) is 0. The van der Waals surface area contributed by atoms with Gasteiger partial charge in [-0.15, -0.1) is 0 Å². The number of anilines is 1. The molecule has 0 amide bonds. The number of fused-ring (bicyclic) bond motifs is 1. The highest BCUT2D eigenvalue weighted by molar-refractivity contribution is 6.29. The minimum absolute atomic E-state index is 0.148. The molecule has 0 saturated heterocycles. The SMILES string of the molecule is O=C1c2ccccc2C(=O)C1NNc1ccccc1[N+](=O)[O-]. The Balaban J connectivity index is 1.81. The number of hydrogen-bond donors (Lipinski definition) is 2. The van der Waals surface area contributed by atoms with Gasteiger partial charge < -0.3 is 5.43 Å². The number of nitrogens with one attached hydrogen (secondary N) is 2. The maximum absolute atomic E-state index is 12.2. The second kappa shape index (κ2) is 5.38. The number of Topliss-reactive ketones (excluding diaryl/α,β-unsaturated/α-hetero) is 2. The summed E-state index contributed by atoms with van der Waals surface area (Å²) in [7, 11) is 0. The number of nitrogens with zero attached hydrogens (tertiary/aromatic N) is 1. The highest BCUT2D eigenvalue weighted by Crippen LogP contribution is 2.24. The van der Waals surface area contributed by atoms with Crippen LogP contribution in [0.15, 0.2) is 48.5 Å². The van der Waals surface area contributed by atoms with Crippen molar-refractivity contribution in [2.24, 2.45) is 0 Å². The molecular formula is C15H11N3O4. The standard InChI is InChI=1S/C15H11N3O4/c19-14-9-5-1-2-6-10(9)15(20)13(14)17-16-11-7-3-4-8-12(11)18(21)22/h1-8,13,16-17H. The molecule has 22 heavy (non-hydrogen) atoms. The van der Waals surface area contributed by atoms with Crippen LogP contribution in [0.3, 0.4) is 0 Å².